The fraction of sp³-hybridized carbons (Fsp3) is 0.533. The van der Waals surface area contributed by atoms with Crippen LogP contribution in [0.3, 0.4) is 0 Å². The normalized spacial score (nSPS) is 22.4. The number of aliphatic hydroxyl groups is 1. The first-order valence-corrected chi connectivity index (χ1v) is 6.99. The van der Waals surface area contributed by atoms with Gasteiger partial charge in [-0.2, -0.15) is 0 Å². The molecule has 1 unspecified atom stereocenters. The number of fused-ring (bicyclic) bond motifs is 1. The molecule has 1 aliphatic heterocycles. The van der Waals surface area contributed by atoms with Crippen molar-refractivity contribution in [3.8, 4) is 0 Å². The van der Waals surface area contributed by atoms with Gasteiger partial charge in [0, 0.05) is 30.5 Å². The smallest absolute Gasteiger partial charge is 0.257 e. The van der Waals surface area contributed by atoms with Crippen molar-refractivity contribution in [3.05, 3.63) is 23.8 Å². The molecule has 2 N–H and O–H groups in total. The lowest BCUT2D eigenvalue weighted by atomic mass is 10.1. The van der Waals surface area contributed by atoms with Crippen LogP contribution in [0.5, 0.6) is 0 Å². The van der Waals surface area contributed by atoms with Gasteiger partial charge in [0.2, 0.25) is 0 Å². The van der Waals surface area contributed by atoms with Crippen LogP contribution >= 0.6 is 0 Å². The molecule has 4 heteroatoms. The Morgan fingerprint density at radius 3 is 2.84 bits per heavy atom. The standard InChI is InChI=1S/C15H20N2O2/c1-17(9-10-4-2-3-5-10)11-6-7-12-13(8-11)16-15(19)14(12)18/h6-8,10,14,18H,2-5,9H2,1H3,(H,16,19). The molecule has 4 nitrogen and oxygen atoms in total. The van der Waals surface area contributed by atoms with E-state index in [0.717, 1.165) is 23.8 Å². The number of carbonyl (C=O) groups excluding carboxylic acids is 1. The van der Waals surface area contributed by atoms with Crippen LogP contribution in [0.25, 0.3) is 0 Å². The van der Waals surface area contributed by atoms with Crippen LogP contribution < -0.4 is 10.2 Å². The predicted octanol–water partition coefficient (Wildman–Crippen LogP) is 2.30. The van der Waals surface area contributed by atoms with Crippen LogP contribution in [0, 0.1) is 5.92 Å². The number of hydrogen-bond donors (Lipinski definition) is 2. The Labute approximate surface area is 113 Å². The zero-order chi connectivity index (χ0) is 13.4. The molecule has 1 aromatic rings. The lowest BCUT2D eigenvalue weighted by Gasteiger charge is -2.23. The average molecular weight is 260 g/mol. The maximum Gasteiger partial charge on any atom is 0.257 e. The van der Waals surface area contributed by atoms with Gasteiger partial charge in [-0.25, -0.2) is 0 Å². The Bertz CT molecular complexity index is 495. The summed E-state index contributed by atoms with van der Waals surface area (Å²) in [6.45, 7) is 1.06. The van der Waals surface area contributed by atoms with E-state index in [1.165, 1.54) is 25.7 Å². The monoisotopic (exact) mass is 260 g/mol. The second kappa shape index (κ2) is 4.85. The van der Waals surface area contributed by atoms with E-state index in [1.54, 1.807) is 0 Å². The molecule has 1 aromatic carbocycles. The third kappa shape index (κ3) is 2.32. The first-order chi connectivity index (χ1) is 9.15. The lowest BCUT2D eigenvalue weighted by Crippen LogP contribution is -2.23. The summed E-state index contributed by atoms with van der Waals surface area (Å²) in [4.78, 5) is 13.7. The van der Waals surface area contributed by atoms with Gasteiger partial charge in [-0.1, -0.05) is 18.9 Å². The van der Waals surface area contributed by atoms with Gasteiger partial charge in [0.1, 0.15) is 0 Å². The fourth-order valence-electron chi connectivity index (χ4n) is 3.16. The van der Waals surface area contributed by atoms with Crippen molar-refractivity contribution in [2.24, 2.45) is 5.92 Å². The molecule has 1 heterocycles. The molecule has 0 aromatic heterocycles. The molecule has 1 amide bonds. The summed E-state index contributed by atoms with van der Waals surface area (Å²) in [5, 5.41) is 12.4. The van der Waals surface area contributed by atoms with Crippen molar-refractivity contribution in [1.82, 2.24) is 0 Å². The van der Waals surface area contributed by atoms with Gasteiger partial charge in [0.15, 0.2) is 6.10 Å². The van der Waals surface area contributed by atoms with Crippen LogP contribution in [0.4, 0.5) is 11.4 Å². The van der Waals surface area contributed by atoms with E-state index in [-0.39, 0.29) is 5.91 Å². The fourth-order valence-corrected chi connectivity index (χ4v) is 3.16. The number of aliphatic hydroxyl groups excluding tert-OH is 1. The Balaban J connectivity index is 1.75. The Kier molecular flexibility index (Phi) is 3.19. The molecule has 3 rings (SSSR count). The molecule has 1 saturated carbocycles. The quantitative estimate of drug-likeness (QED) is 0.876. The third-order valence-electron chi connectivity index (χ3n) is 4.29. The molecule has 1 fully saturated rings. The molecule has 19 heavy (non-hydrogen) atoms. The van der Waals surface area contributed by atoms with Crippen LogP contribution in [-0.2, 0) is 4.79 Å². The molecule has 0 bridgehead atoms. The molecule has 0 radical (unpaired) electrons. The van der Waals surface area contributed by atoms with Crippen molar-refractivity contribution in [2.45, 2.75) is 31.8 Å². The van der Waals surface area contributed by atoms with Gasteiger partial charge in [-0.3, -0.25) is 4.79 Å². The zero-order valence-electron chi connectivity index (χ0n) is 11.2. The molecule has 1 aliphatic carbocycles. The first-order valence-electron chi connectivity index (χ1n) is 6.99. The highest BCUT2D eigenvalue weighted by atomic mass is 16.3. The molecule has 102 valence electrons. The first kappa shape index (κ1) is 12.5. The van der Waals surface area contributed by atoms with E-state index >= 15 is 0 Å². The van der Waals surface area contributed by atoms with E-state index in [4.69, 9.17) is 0 Å². The summed E-state index contributed by atoms with van der Waals surface area (Å²) < 4.78 is 0. The number of rotatable bonds is 3. The highest BCUT2D eigenvalue weighted by Gasteiger charge is 2.28. The molecular formula is C15H20N2O2. The van der Waals surface area contributed by atoms with E-state index in [1.807, 2.05) is 18.2 Å². The van der Waals surface area contributed by atoms with E-state index in [9.17, 15) is 9.90 Å². The summed E-state index contributed by atoms with van der Waals surface area (Å²) in [5.41, 5.74) is 2.52. The minimum absolute atomic E-state index is 0.328. The second-order valence-corrected chi connectivity index (χ2v) is 5.69. The van der Waals surface area contributed by atoms with Crippen LogP contribution in [-0.4, -0.2) is 24.6 Å². The minimum Gasteiger partial charge on any atom is -0.378 e. The van der Waals surface area contributed by atoms with Gasteiger partial charge < -0.3 is 15.3 Å². The topological polar surface area (TPSA) is 52.6 Å². The predicted molar refractivity (Wildman–Crippen MR) is 75.3 cm³/mol. The number of nitrogens with one attached hydrogen (secondary N) is 1. The number of anilines is 2. The summed E-state index contributed by atoms with van der Waals surface area (Å²) in [7, 11) is 2.09. The summed E-state index contributed by atoms with van der Waals surface area (Å²) in [5.74, 6) is 0.462. The molecule has 1 atom stereocenters. The minimum atomic E-state index is -1.01. The largest absolute Gasteiger partial charge is 0.378 e. The molecule has 2 aliphatic rings. The summed E-state index contributed by atoms with van der Waals surface area (Å²) in [6, 6.07) is 5.79. The van der Waals surface area contributed by atoms with Gasteiger partial charge in [0.05, 0.1) is 0 Å². The van der Waals surface area contributed by atoms with Crippen LogP contribution in [0.15, 0.2) is 18.2 Å². The van der Waals surface area contributed by atoms with Crippen LogP contribution in [0.1, 0.15) is 37.4 Å². The van der Waals surface area contributed by atoms with Crippen molar-refractivity contribution in [2.75, 3.05) is 23.8 Å². The van der Waals surface area contributed by atoms with Gasteiger partial charge in [-0.05, 0) is 30.9 Å². The third-order valence-corrected chi connectivity index (χ3v) is 4.29. The van der Waals surface area contributed by atoms with Crippen molar-refractivity contribution in [3.63, 3.8) is 0 Å². The van der Waals surface area contributed by atoms with Gasteiger partial charge in [-0.15, -0.1) is 0 Å². The number of hydrogen-bond acceptors (Lipinski definition) is 3. The van der Waals surface area contributed by atoms with E-state index in [2.05, 4.69) is 17.3 Å². The summed E-state index contributed by atoms with van der Waals surface area (Å²) in [6.07, 6.45) is 4.34. The number of carbonyl (C=O) groups is 1. The Morgan fingerprint density at radius 2 is 2.11 bits per heavy atom. The van der Waals surface area contributed by atoms with Crippen molar-refractivity contribution in [1.29, 1.82) is 0 Å². The number of amides is 1. The SMILES string of the molecule is CN(CC1CCCC1)c1ccc2c(c1)NC(=O)C2O. The van der Waals surface area contributed by atoms with Crippen molar-refractivity contribution >= 4 is 17.3 Å². The second-order valence-electron chi connectivity index (χ2n) is 5.69. The zero-order valence-corrected chi connectivity index (χ0v) is 11.2. The molecular weight excluding hydrogens is 240 g/mol. The maximum atomic E-state index is 11.4. The number of benzene rings is 1. The summed E-state index contributed by atoms with van der Waals surface area (Å²) >= 11 is 0. The van der Waals surface area contributed by atoms with Gasteiger partial charge in [0.25, 0.3) is 5.91 Å². The number of nitrogens with zero attached hydrogens (tertiary/aromatic N) is 1. The Hall–Kier alpha value is -1.55. The van der Waals surface area contributed by atoms with E-state index < -0.39 is 6.10 Å². The highest BCUT2D eigenvalue weighted by Crippen LogP contribution is 2.34. The lowest BCUT2D eigenvalue weighted by molar-refractivity contribution is -0.123. The van der Waals surface area contributed by atoms with Crippen LogP contribution in [0.2, 0.25) is 0 Å². The van der Waals surface area contributed by atoms with Crippen molar-refractivity contribution < 1.29 is 9.90 Å². The van der Waals surface area contributed by atoms with E-state index in [0.29, 0.717) is 5.56 Å². The Morgan fingerprint density at radius 1 is 1.37 bits per heavy atom. The molecule has 0 saturated heterocycles. The van der Waals surface area contributed by atoms with Gasteiger partial charge >= 0.3 is 0 Å². The maximum absolute atomic E-state index is 11.4. The average Bonchev–Trinajstić information content (AvgIpc) is 2.99. The molecule has 0 spiro atoms. The highest BCUT2D eigenvalue weighted by molar-refractivity contribution is 6.02.